The van der Waals surface area contributed by atoms with Crippen LogP contribution >= 0.6 is 0 Å². The summed E-state index contributed by atoms with van der Waals surface area (Å²) < 4.78 is 31.4. The summed E-state index contributed by atoms with van der Waals surface area (Å²) in [5.41, 5.74) is 0.580. The number of rotatable bonds is 8. The maximum Gasteiger partial charge on any atom is 0.387 e. The van der Waals surface area contributed by atoms with Gasteiger partial charge in [0.05, 0.1) is 13.1 Å². The standard InChI is InChI=1S/C16H22F2N6O/c1-3-19-16(21-10-14-23-22-11-24(14)4-2)20-9-12-7-5-6-8-13(12)25-15(17)18/h5-8,11,15H,3-4,9-10H2,1-2H3,(H2,19,20,21). The lowest BCUT2D eigenvalue weighted by atomic mass is 10.2. The predicted octanol–water partition coefficient (Wildman–Crippen LogP) is 2.15. The molecule has 0 atom stereocenters. The van der Waals surface area contributed by atoms with Gasteiger partial charge in [0.2, 0.25) is 0 Å². The van der Waals surface area contributed by atoms with E-state index in [1.165, 1.54) is 6.07 Å². The molecule has 1 aromatic heterocycles. The quantitative estimate of drug-likeness (QED) is 0.562. The van der Waals surface area contributed by atoms with Crippen molar-refractivity contribution in [1.29, 1.82) is 0 Å². The van der Waals surface area contributed by atoms with Crippen molar-refractivity contribution in [2.75, 3.05) is 6.54 Å². The summed E-state index contributed by atoms with van der Waals surface area (Å²) in [6.07, 6.45) is 1.67. The van der Waals surface area contributed by atoms with Crippen LogP contribution in [0.2, 0.25) is 0 Å². The van der Waals surface area contributed by atoms with E-state index in [1.807, 2.05) is 18.4 Å². The zero-order chi connectivity index (χ0) is 18.1. The summed E-state index contributed by atoms with van der Waals surface area (Å²) in [5.74, 6) is 1.47. The molecule has 136 valence electrons. The third kappa shape index (κ3) is 5.70. The lowest BCUT2D eigenvalue weighted by Gasteiger charge is -2.12. The monoisotopic (exact) mass is 352 g/mol. The fourth-order valence-electron chi connectivity index (χ4n) is 2.19. The van der Waals surface area contributed by atoms with E-state index in [1.54, 1.807) is 24.5 Å². The van der Waals surface area contributed by atoms with Crippen molar-refractivity contribution < 1.29 is 13.5 Å². The molecule has 0 fully saturated rings. The maximum atomic E-state index is 12.5. The van der Waals surface area contributed by atoms with Gasteiger partial charge in [0.25, 0.3) is 0 Å². The molecule has 25 heavy (non-hydrogen) atoms. The van der Waals surface area contributed by atoms with Crippen LogP contribution in [0.5, 0.6) is 5.75 Å². The Kier molecular flexibility index (Phi) is 7.12. The van der Waals surface area contributed by atoms with Gasteiger partial charge in [-0.25, -0.2) is 4.99 Å². The minimum atomic E-state index is -2.86. The second-order valence-electron chi connectivity index (χ2n) is 5.07. The Morgan fingerprint density at radius 1 is 1.28 bits per heavy atom. The molecule has 1 heterocycles. The molecule has 0 aliphatic carbocycles. The highest BCUT2D eigenvalue weighted by Crippen LogP contribution is 2.20. The molecule has 0 saturated heterocycles. The number of aromatic nitrogens is 3. The Bertz CT molecular complexity index is 689. The number of ether oxygens (including phenoxy) is 1. The van der Waals surface area contributed by atoms with Crippen LogP contribution in [0, 0.1) is 0 Å². The zero-order valence-electron chi connectivity index (χ0n) is 14.2. The van der Waals surface area contributed by atoms with E-state index >= 15 is 0 Å². The van der Waals surface area contributed by atoms with Crippen LogP contribution in [-0.2, 0) is 19.6 Å². The molecule has 0 spiro atoms. The van der Waals surface area contributed by atoms with Crippen LogP contribution in [0.25, 0.3) is 0 Å². The number of aryl methyl sites for hydroxylation is 1. The molecule has 0 amide bonds. The van der Waals surface area contributed by atoms with Crippen molar-refractivity contribution >= 4 is 5.96 Å². The Balaban J connectivity index is 2.04. The molecule has 2 rings (SSSR count). The first kappa shape index (κ1) is 18.6. The van der Waals surface area contributed by atoms with Gasteiger partial charge in [0.15, 0.2) is 11.8 Å². The third-order valence-electron chi connectivity index (χ3n) is 3.39. The number of nitrogens with zero attached hydrogens (tertiary/aromatic N) is 4. The molecule has 0 aliphatic rings. The number of benzene rings is 1. The molecule has 0 unspecified atom stereocenters. The van der Waals surface area contributed by atoms with Gasteiger partial charge >= 0.3 is 6.61 Å². The number of alkyl halides is 2. The van der Waals surface area contributed by atoms with Crippen molar-refractivity contribution in [2.24, 2.45) is 4.99 Å². The minimum Gasteiger partial charge on any atom is -0.434 e. The van der Waals surface area contributed by atoms with E-state index in [-0.39, 0.29) is 12.3 Å². The number of para-hydroxylation sites is 1. The molecule has 0 radical (unpaired) electrons. The first-order valence-electron chi connectivity index (χ1n) is 8.05. The maximum absolute atomic E-state index is 12.5. The van der Waals surface area contributed by atoms with Crippen LogP contribution in [0.3, 0.4) is 0 Å². The van der Waals surface area contributed by atoms with E-state index in [9.17, 15) is 8.78 Å². The Morgan fingerprint density at radius 3 is 2.80 bits per heavy atom. The topological polar surface area (TPSA) is 76.4 Å². The van der Waals surface area contributed by atoms with Crippen molar-refractivity contribution in [1.82, 2.24) is 25.4 Å². The summed E-state index contributed by atoms with van der Waals surface area (Å²) in [5, 5.41) is 14.2. The average Bonchev–Trinajstić information content (AvgIpc) is 3.05. The molecule has 1 aromatic carbocycles. The molecule has 0 saturated carbocycles. The molecule has 2 aromatic rings. The fourth-order valence-corrected chi connectivity index (χ4v) is 2.19. The molecule has 0 bridgehead atoms. The molecule has 9 heteroatoms. The van der Waals surface area contributed by atoms with Gasteiger partial charge in [-0.15, -0.1) is 10.2 Å². The lowest BCUT2D eigenvalue weighted by molar-refractivity contribution is -0.0504. The van der Waals surface area contributed by atoms with Crippen LogP contribution in [0.15, 0.2) is 35.6 Å². The summed E-state index contributed by atoms with van der Waals surface area (Å²) in [6.45, 7) is 3.19. The highest BCUT2D eigenvalue weighted by Gasteiger charge is 2.09. The first-order valence-corrected chi connectivity index (χ1v) is 8.05. The molecule has 0 aliphatic heterocycles. The van der Waals surface area contributed by atoms with Crippen LogP contribution in [0.1, 0.15) is 25.2 Å². The summed E-state index contributed by atoms with van der Waals surface area (Å²) in [4.78, 5) is 4.42. The number of guanidine groups is 1. The highest BCUT2D eigenvalue weighted by molar-refractivity contribution is 5.79. The normalized spacial score (nSPS) is 11.6. The first-order chi connectivity index (χ1) is 12.1. The second-order valence-corrected chi connectivity index (χ2v) is 5.07. The zero-order valence-corrected chi connectivity index (χ0v) is 14.2. The molecular formula is C16H22F2N6O. The second kappa shape index (κ2) is 9.55. The van der Waals surface area contributed by atoms with Gasteiger partial charge in [0, 0.05) is 18.7 Å². The summed E-state index contributed by atoms with van der Waals surface area (Å²) >= 11 is 0. The Morgan fingerprint density at radius 2 is 2.08 bits per heavy atom. The van der Waals surface area contributed by atoms with E-state index in [0.717, 1.165) is 12.4 Å². The number of hydrogen-bond acceptors (Lipinski definition) is 4. The van der Waals surface area contributed by atoms with Gasteiger partial charge < -0.3 is 19.9 Å². The van der Waals surface area contributed by atoms with E-state index in [0.29, 0.717) is 24.6 Å². The minimum absolute atomic E-state index is 0.128. The highest BCUT2D eigenvalue weighted by atomic mass is 19.3. The van der Waals surface area contributed by atoms with E-state index in [4.69, 9.17) is 0 Å². The largest absolute Gasteiger partial charge is 0.434 e. The average molecular weight is 352 g/mol. The van der Waals surface area contributed by atoms with Gasteiger partial charge in [-0.3, -0.25) is 0 Å². The predicted molar refractivity (Wildman–Crippen MR) is 90.4 cm³/mol. The van der Waals surface area contributed by atoms with Crippen molar-refractivity contribution in [3.8, 4) is 5.75 Å². The van der Waals surface area contributed by atoms with Gasteiger partial charge in [-0.05, 0) is 19.9 Å². The molecule has 2 N–H and O–H groups in total. The van der Waals surface area contributed by atoms with Crippen LogP contribution < -0.4 is 15.4 Å². The molecular weight excluding hydrogens is 330 g/mol. The SMILES string of the molecule is CCNC(=NCc1ccccc1OC(F)F)NCc1nncn1CC. The summed E-state index contributed by atoms with van der Waals surface area (Å²) in [6, 6.07) is 6.61. The smallest absolute Gasteiger partial charge is 0.387 e. The fraction of sp³-hybridized carbons (Fsp3) is 0.438. The van der Waals surface area contributed by atoms with Gasteiger partial charge in [-0.2, -0.15) is 8.78 Å². The van der Waals surface area contributed by atoms with E-state index in [2.05, 4.69) is 30.6 Å². The number of aliphatic imine (C=N–C) groups is 1. The Hall–Kier alpha value is -2.71. The number of hydrogen-bond donors (Lipinski definition) is 2. The van der Waals surface area contributed by atoms with Crippen molar-refractivity contribution in [3.63, 3.8) is 0 Å². The number of halogens is 2. The third-order valence-corrected chi connectivity index (χ3v) is 3.39. The van der Waals surface area contributed by atoms with E-state index < -0.39 is 6.61 Å². The lowest BCUT2D eigenvalue weighted by Crippen LogP contribution is -2.37. The van der Waals surface area contributed by atoms with Gasteiger partial charge in [-0.1, -0.05) is 18.2 Å². The molecule has 7 nitrogen and oxygen atoms in total. The van der Waals surface area contributed by atoms with Crippen LogP contribution in [-0.4, -0.2) is 33.9 Å². The number of nitrogens with one attached hydrogen (secondary N) is 2. The Labute approximate surface area is 145 Å². The van der Waals surface area contributed by atoms with Crippen LogP contribution in [0.4, 0.5) is 8.78 Å². The van der Waals surface area contributed by atoms with Crippen molar-refractivity contribution in [3.05, 3.63) is 42.0 Å². The summed E-state index contributed by atoms with van der Waals surface area (Å²) in [7, 11) is 0. The van der Waals surface area contributed by atoms with Gasteiger partial charge in [0.1, 0.15) is 12.1 Å². The van der Waals surface area contributed by atoms with Crippen molar-refractivity contribution in [2.45, 2.75) is 40.1 Å².